The number of nitrogens with zero attached hydrogens (tertiary/aromatic N) is 2. The van der Waals surface area contributed by atoms with Crippen LogP contribution in [0.1, 0.15) is 26.7 Å². The molecule has 5 nitrogen and oxygen atoms in total. The van der Waals surface area contributed by atoms with Gasteiger partial charge in [-0.25, -0.2) is 0 Å². The van der Waals surface area contributed by atoms with Crippen LogP contribution < -0.4 is 0 Å². The van der Waals surface area contributed by atoms with Crippen molar-refractivity contribution in [1.29, 1.82) is 0 Å². The van der Waals surface area contributed by atoms with Crippen LogP contribution in [-0.2, 0) is 14.3 Å². The molecule has 0 radical (unpaired) electrons. The molecule has 0 aliphatic carbocycles. The number of hydrogen-bond acceptors (Lipinski definition) is 3. The van der Waals surface area contributed by atoms with Crippen LogP contribution in [0.4, 0.5) is 0 Å². The first-order valence-corrected chi connectivity index (χ1v) is 6.05. The number of rotatable bonds is 4. The van der Waals surface area contributed by atoms with Crippen LogP contribution in [0.3, 0.4) is 0 Å². The van der Waals surface area contributed by atoms with E-state index in [1.165, 1.54) is 0 Å². The lowest BCUT2D eigenvalue weighted by molar-refractivity contribution is -0.145. The molecule has 98 valence electrons. The summed E-state index contributed by atoms with van der Waals surface area (Å²) < 4.78 is 5.29. The van der Waals surface area contributed by atoms with Crippen LogP contribution in [0.25, 0.3) is 0 Å². The van der Waals surface area contributed by atoms with E-state index in [1.807, 2.05) is 13.8 Å². The number of hydrogen-bond donors (Lipinski definition) is 0. The summed E-state index contributed by atoms with van der Waals surface area (Å²) in [5.74, 6) is -0.0863. The van der Waals surface area contributed by atoms with Gasteiger partial charge in [0.15, 0.2) is 0 Å². The summed E-state index contributed by atoms with van der Waals surface area (Å²) in [5, 5.41) is 0. The third kappa shape index (κ3) is 3.70. The SMILES string of the molecule is CC(C)OCC(=O)N1CCCC1C(=O)N(C)C. The Morgan fingerprint density at radius 1 is 1.41 bits per heavy atom. The lowest BCUT2D eigenvalue weighted by atomic mass is 10.2. The predicted molar refractivity (Wildman–Crippen MR) is 64.5 cm³/mol. The van der Waals surface area contributed by atoms with Crippen LogP contribution in [-0.4, -0.2) is 61.0 Å². The van der Waals surface area contributed by atoms with E-state index in [0.29, 0.717) is 6.54 Å². The van der Waals surface area contributed by atoms with Gasteiger partial charge in [0.05, 0.1) is 6.10 Å². The Morgan fingerprint density at radius 3 is 2.59 bits per heavy atom. The van der Waals surface area contributed by atoms with Gasteiger partial charge in [0.2, 0.25) is 11.8 Å². The topological polar surface area (TPSA) is 49.9 Å². The number of likely N-dealkylation sites (N-methyl/N-ethyl adjacent to an activating group) is 1. The summed E-state index contributed by atoms with van der Waals surface area (Å²) in [6.07, 6.45) is 1.67. The molecule has 0 spiro atoms. The van der Waals surface area contributed by atoms with Crippen molar-refractivity contribution in [3.8, 4) is 0 Å². The third-order valence-corrected chi connectivity index (χ3v) is 2.84. The third-order valence-electron chi connectivity index (χ3n) is 2.84. The highest BCUT2D eigenvalue weighted by Gasteiger charge is 2.34. The average molecular weight is 242 g/mol. The summed E-state index contributed by atoms with van der Waals surface area (Å²) in [7, 11) is 3.43. The van der Waals surface area contributed by atoms with Gasteiger partial charge in [0.1, 0.15) is 12.6 Å². The highest BCUT2D eigenvalue weighted by atomic mass is 16.5. The van der Waals surface area contributed by atoms with Gasteiger partial charge in [-0.2, -0.15) is 0 Å². The Morgan fingerprint density at radius 2 is 2.06 bits per heavy atom. The van der Waals surface area contributed by atoms with E-state index >= 15 is 0 Å². The molecule has 1 unspecified atom stereocenters. The molecule has 0 N–H and O–H groups in total. The number of likely N-dealkylation sites (tertiary alicyclic amines) is 1. The minimum Gasteiger partial charge on any atom is -0.369 e. The maximum Gasteiger partial charge on any atom is 0.249 e. The van der Waals surface area contributed by atoms with E-state index in [0.717, 1.165) is 12.8 Å². The van der Waals surface area contributed by atoms with E-state index in [2.05, 4.69) is 0 Å². The van der Waals surface area contributed by atoms with Gasteiger partial charge >= 0.3 is 0 Å². The minimum absolute atomic E-state index is 0.000368. The van der Waals surface area contributed by atoms with Crippen molar-refractivity contribution < 1.29 is 14.3 Å². The number of amides is 2. The van der Waals surface area contributed by atoms with E-state index in [-0.39, 0.29) is 30.6 Å². The van der Waals surface area contributed by atoms with Crippen molar-refractivity contribution >= 4 is 11.8 Å². The van der Waals surface area contributed by atoms with Gasteiger partial charge in [-0.1, -0.05) is 0 Å². The van der Waals surface area contributed by atoms with Gasteiger partial charge in [0, 0.05) is 20.6 Å². The second-order valence-corrected chi connectivity index (χ2v) is 4.84. The predicted octanol–water partition coefficient (Wildman–Crippen LogP) is 0.491. The molecule has 1 heterocycles. The van der Waals surface area contributed by atoms with E-state index in [1.54, 1.807) is 23.9 Å². The highest BCUT2D eigenvalue weighted by molar-refractivity contribution is 5.88. The molecule has 1 saturated heterocycles. The largest absolute Gasteiger partial charge is 0.369 e. The van der Waals surface area contributed by atoms with Crippen molar-refractivity contribution in [2.45, 2.75) is 38.8 Å². The molecule has 0 aromatic rings. The van der Waals surface area contributed by atoms with E-state index in [9.17, 15) is 9.59 Å². The van der Waals surface area contributed by atoms with Crippen molar-refractivity contribution in [3.63, 3.8) is 0 Å². The quantitative estimate of drug-likeness (QED) is 0.721. The molecule has 0 bridgehead atoms. The van der Waals surface area contributed by atoms with Crippen molar-refractivity contribution in [2.75, 3.05) is 27.2 Å². The van der Waals surface area contributed by atoms with Crippen LogP contribution in [0.15, 0.2) is 0 Å². The van der Waals surface area contributed by atoms with Crippen LogP contribution in [0.2, 0.25) is 0 Å². The summed E-state index contributed by atoms with van der Waals surface area (Å²) in [6, 6.07) is -0.298. The van der Waals surface area contributed by atoms with Gasteiger partial charge in [-0.05, 0) is 26.7 Å². The molecule has 1 atom stereocenters. The van der Waals surface area contributed by atoms with Gasteiger partial charge in [-0.3, -0.25) is 9.59 Å². The van der Waals surface area contributed by atoms with Gasteiger partial charge < -0.3 is 14.5 Å². The fraction of sp³-hybridized carbons (Fsp3) is 0.833. The number of ether oxygens (including phenoxy) is 1. The molecule has 0 saturated carbocycles. The Kier molecular flexibility index (Phi) is 4.93. The van der Waals surface area contributed by atoms with Crippen molar-refractivity contribution in [1.82, 2.24) is 9.80 Å². The molecule has 1 aliphatic rings. The second-order valence-electron chi connectivity index (χ2n) is 4.84. The summed E-state index contributed by atoms with van der Waals surface area (Å²) in [6.45, 7) is 4.50. The number of carbonyl (C=O) groups excluding carboxylic acids is 2. The fourth-order valence-corrected chi connectivity index (χ4v) is 1.94. The van der Waals surface area contributed by atoms with E-state index < -0.39 is 0 Å². The maximum absolute atomic E-state index is 11.9. The lowest BCUT2D eigenvalue weighted by Crippen LogP contribution is -2.46. The molecular weight excluding hydrogens is 220 g/mol. The van der Waals surface area contributed by atoms with Crippen LogP contribution in [0, 0.1) is 0 Å². The molecule has 17 heavy (non-hydrogen) atoms. The Balaban J connectivity index is 2.57. The molecular formula is C12H22N2O3. The Labute approximate surface area is 103 Å². The second kappa shape index (κ2) is 6.00. The first-order valence-electron chi connectivity index (χ1n) is 6.05. The zero-order chi connectivity index (χ0) is 13.0. The van der Waals surface area contributed by atoms with E-state index in [4.69, 9.17) is 4.74 Å². The van der Waals surface area contributed by atoms with Crippen LogP contribution >= 0.6 is 0 Å². The maximum atomic E-state index is 11.9. The molecule has 1 fully saturated rings. The standard InChI is InChI=1S/C12H22N2O3/c1-9(2)17-8-11(15)14-7-5-6-10(14)12(16)13(3)4/h9-10H,5-8H2,1-4H3. The number of carbonyl (C=O) groups is 2. The molecule has 0 aromatic heterocycles. The van der Waals surface area contributed by atoms with Gasteiger partial charge in [0.25, 0.3) is 0 Å². The fourth-order valence-electron chi connectivity index (χ4n) is 1.94. The normalized spacial score (nSPS) is 19.8. The van der Waals surface area contributed by atoms with Gasteiger partial charge in [-0.15, -0.1) is 0 Å². The monoisotopic (exact) mass is 242 g/mol. The van der Waals surface area contributed by atoms with Crippen molar-refractivity contribution in [2.24, 2.45) is 0 Å². The van der Waals surface area contributed by atoms with Crippen molar-refractivity contribution in [3.05, 3.63) is 0 Å². The highest BCUT2D eigenvalue weighted by Crippen LogP contribution is 2.19. The minimum atomic E-state index is -0.298. The molecule has 0 aromatic carbocycles. The summed E-state index contributed by atoms with van der Waals surface area (Å²) >= 11 is 0. The smallest absolute Gasteiger partial charge is 0.249 e. The Hall–Kier alpha value is -1.10. The zero-order valence-electron chi connectivity index (χ0n) is 11.1. The Bertz CT molecular complexity index is 289. The van der Waals surface area contributed by atoms with Crippen LogP contribution in [0.5, 0.6) is 0 Å². The zero-order valence-corrected chi connectivity index (χ0v) is 11.1. The first kappa shape index (κ1) is 14.0. The lowest BCUT2D eigenvalue weighted by Gasteiger charge is -2.26. The summed E-state index contributed by atoms with van der Waals surface area (Å²) in [5.41, 5.74) is 0. The molecule has 2 amide bonds. The average Bonchev–Trinajstić information content (AvgIpc) is 2.73. The first-order chi connectivity index (χ1) is 7.93. The molecule has 1 aliphatic heterocycles. The molecule has 5 heteroatoms. The summed E-state index contributed by atoms with van der Waals surface area (Å²) in [4.78, 5) is 27.0. The molecule has 1 rings (SSSR count).